The molecule has 0 aliphatic carbocycles. The molecule has 2 aromatic heterocycles. The fraction of sp³-hybridized carbons (Fsp3) is 0.483. The maximum atomic E-state index is 13.1. The molecule has 10 nitrogen and oxygen atoms in total. The van der Waals surface area contributed by atoms with Crippen molar-refractivity contribution in [2.45, 2.75) is 50.7 Å². The Morgan fingerprint density at radius 2 is 2.02 bits per heavy atom. The summed E-state index contributed by atoms with van der Waals surface area (Å²) in [5, 5.41) is 18.9. The lowest BCUT2D eigenvalue weighted by Gasteiger charge is -2.32. The first-order valence-corrected chi connectivity index (χ1v) is 14.2. The lowest BCUT2D eigenvalue weighted by Crippen LogP contribution is -2.47. The number of hydrogen-bond acceptors (Lipinski definition) is 8. The van der Waals surface area contributed by atoms with Crippen LogP contribution >= 0.6 is 0 Å². The van der Waals surface area contributed by atoms with Gasteiger partial charge in [0.05, 0.1) is 17.0 Å². The molecular formula is C29H34F3N7O3. The van der Waals surface area contributed by atoms with E-state index in [1.807, 2.05) is 0 Å². The van der Waals surface area contributed by atoms with Crippen molar-refractivity contribution in [1.82, 2.24) is 25.2 Å². The van der Waals surface area contributed by atoms with Crippen LogP contribution in [-0.2, 0) is 28.6 Å². The van der Waals surface area contributed by atoms with Gasteiger partial charge in [-0.15, -0.1) is 0 Å². The minimum absolute atomic E-state index is 0.0249. The second-order valence-corrected chi connectivity index (χ2v) is 10.8. The highest BCUT2D eigenvalue weighted by atomic mass is 19.4. The molecule has 1 saturated heterocycles. The predicted octanol–water partition coefficient (Wildman–Crippen LogP) is 3.73. The number of alkyl halides is 3. The summed E-state index contributed by atoms with van der Waals surface area (Å²) in [6.45, 7) is 3.07. The average molecular weight is 586 g/mol. The molecule has 3 aromatic rings. The number of hydrogen-bond donors (Lipinski definition) is 4. The topological polar surface area (TPSA) is 132 Å². The van der Waals surface area contributed by atoms with Gasteiger partial charge in [0.2, 0.25) is 5.91 Å². The van der Waals surface area contributed by atoms with Gasteiger partial charge in [0.25, 0.3) is 0 Å². The van der Waals surface area contributed by atoms with Crippen LogP contribution in [0.15, 0.2) is 36.7 Å². The number of carboxylic acids is 1. The lowest BCUT2D eigenvalue weighted by atomic mass is 9.96. The first-order valence-electron chi connectivity index (χ1n) is 14.2. The van der Waals surface area contributed by atoms with Crippen LogP contribution in [0.5, 0.6) is 0 Å². The molecule has 224 valence electrons. The molecular weight excluding hydrogens is 551 g/mol. The van der Waals surface area contributed by atoms with E-state index in [9.17, 15) is 27.9 Å². The van der Waals surface area contributed by atoms with Gasteiger partial charge in [0.1, 0.15) is 24.0 Å². The van der Waals surface area contributed by atoms with Gasteiger partial charge in [0, 0.05) is 30.7 Å². The van der Waals surface area contributed by atoms with Gasteiger partial charge >= 0.3 is 12.1 Å². The number of carboxylic acid groups (broad SMARTS) is 1. The predicted molar refractivity (Wildman–Crippen MR) is 151 cm³/mol. The van der Waals surface area contributed by atoms with Crippen LogP contribution in [0.25, 0.3) is 10.9 Å². The minimum atomic E-state index is -4.54. The van der Waals surface area contributed by atoms with E-state index in [1.165, 1.54) is 11.6 Å². The third kappa shape index (κ3) is 7.25. The van der Waals surface area contributed by atoms with Gasteiger partial charge < -0.3 is 26.0 Å². The van der Waals surface area contributed by atoms with Crippen molar-refractivity contribution in [3.05, 3.63) is 53.5 Å². The molecule has 1 aromatic carbocycles. The number of anilines is 2. The summed E-state index contributed by atoms with van der Waals surface area (Å²) >= 11 is 0. The fourth-order valence-electron chi connectivity index (χ4n) is 5.52. The Morgan fingerprint density at radius 3 is 2.83 bits per heavy atom. The van der Waals surface area contributed by atoms with Crippen LogP contribution in [0, 0.1) is 5.92 Å². The number of benzene rings is 1. The number of carbonyl (C=O) groups excluding carboxylic acids is 1. The Morgan fingerprint density at radius 1 is 1.17 bits per heavy atom. The third-order valence-electron chi connectivity index (χ3n) is 7.79. The molecule has 5 rings (SSSR count). The first kappa shape index (κ1) is 29.5. The van der Waals surface area contributed by atoms with Crippen LogP contribution in [-0.4, -0.2) is 75.6 Å². The van der Waals surface area contributed by atoms with Crippen molar-refractivity contribution in [3.8, 4) is 0 Å². The van der Waals surface area contributed by atoms with Crippen LogP contribution in [0.2, 0.25) is 0 Å². The van der Waals surface area contributed by atoms with Gasteiger partial charge in [-0.2, -0.15) is 13.2 Å². The Bertz CT molecular complexity index is 1440. The molecule has 13 heteroatoms. The zero-order chi connectivity index (χ0) is 29.7. The molecule has 4 N–H and O–H groups in total. The van der Waals surface area contributed by atoms with Gasteiger partial charge in [0.15, 0.2) is 0 Å². The van der Waals surface area contributed by atoms with E-state index in [1.54, 1.807) is 0 Å². The molecule has 4 heterocycles. The Labute approximate surface area is 241 Å². The van der Waals surface area contributed by atoms with Crippen LogP contribution in [0.1, 0.15) is 42.5 Å². The highest BCUT2D eigenvalue weighted by Crippen LogP contribution is 2.32. The number of rotatable bonds is 10. The van der Waals surface area contributed by atoms with Crippen molar-refractivity contribution in [1.29, 1.82) is 0 Å². The Kier molecular flexibility index (Phi) is 9.05. The second kappa shape index (κ2) is 12.9. The molecule has 0 spiro atoms. The van der Waals surface area contributed by atoms with Crippen molar-refractivity contribution >= 4 is 34.4 Å². The number of carbonyl (C=O) groups is 2. The smallest absolute Gasteiger partial charge is 0.416 e. The number of aryl methyl sites for hydroxylation is 2. The monoisotopic (exact) mass is 585 g/mol. The van der Waals surface area contributed by atoms with Crippen molar-refractivity contribution in [3.63, 3.8) is 0 Å². The summed E-state index contributed by atoms with van der Waals surface area (Å²) in [5.41, 5.74) is 1.48. The fourth-order valence-corrected chi connectivity index (χ4v) is 5.52. The van der Waals surface area contributed by atoms with Crippen LogP contribution < -0.4 is 16.0 Å². The molecule has 1 fully saturated rings. The zero-order valence-corrected chi connectivity index (χ0v) is 23.1. The minimum Gasteiger partial charge on any atom is -0.480 e. The van der Waals surface area contributed by atoms with Crippen molar-refractivity contribution in [2.24, 2.45) is 5.92 Å². The molecule has 2 atom stereocenters. The van der Waals surface area contributed by atoms with E-state index in [4.69, 9.17) is 4.98 Å². The largest absolute Gasteiger partial charge is 0.480 e. The van der Waals surface area contributed by atoms with Crippen LogP contribution in [0.4, 0.5) is 24.8 Å². The molecule has 0 radical (unpaired) electrons. The number of nitrogens with one attached hydrogen (secondary N) is 3. The summed E-state index contributed by atoms with van der Waals surface area (Å²) < 4.78 is 39.3. The summed E-state index contributed by atoms with van der Waals surface area (Å²) in [6.07, 6.45) is 2.06. The molecule has 0 bridgehead atoms. The average Bonchev–Trinajstić information content (AvgIpc) is 2.98. The lowest BCUT2D eigenvalue weighted by molar-refractivity contribution is -0.138. The first-order chi connectivity index (χ1) is 20.2. The number of halogens is 3. The second-order valence-electron chi connectivity index (χ2n) is 10.8. The quantitative estimate of drug-likeness (QED) is 0.281. The van der Waals surface area contributed by atoms with Crippen LogP contribution in [0.3, 0.4) is 0 Å². The van der Waals surface area contributed by atoms with E-state index < -0.39 is 23.8 Å². The number of aromatic nitrogens is 3. The highest BCUT2D eigenvalue weighted by Gasteiger charge is 2.31. The SMILES string of the molecule is O=C(NCC(Nc1ncnc2cc(C(F)(F)F)ccc12)C(=O)O)C1CCCN(CCCc2ccc3c(n2)NCCC3)C1. The number of fused-ring (bicyclic) bond motifs is 2. The molecule has 2 aliphatic rings. The standard InChI is InChI=1S/C29H34F3N7O3/c30-29(31,32)20-8-10-22-23(14-20)35-17-36-26(22)38-24(28(41)42)15-34-27(40)19-5-2-12-39(16-19)13-3-6-21-9-7-18-4-1-11-33-25(18)37-21/h7-10,14,17,19,24H,1-6,11-13,15-16H2,(H,33,37)(H,34,40)(H,41,42)(H,35,36,38). The van der Waals surface area contributed by atoms with E-state index in [-0.39, 0.29) is 35.1 Å². The number of pyridine rings is 1. The number of likely N-dealkylation sites (tertiary alicyclic amines) is 1. The van der Waals surface area contributed by atoms with E-state index in [2.05, 4.69) is 43.0 Å². The van der Waals surface area contributed by atoms with Crippen molar-refractivity contribution in [2.75, 3.05) is 43.4 Å². The third-order valence-corrected chi connectivity index (χ3v) is 7.79. The molecule has 2 aliphatic heterocycles. The normalized spacial score (nSPS) is 18.1. The zero-order valence-electron chi connectivity index (χ0n) is 23.1. The Balaban J connectivity index is 1.12. The molecule has 0 saturated carbocycles. The summed E-state index contributed by atoms with van der Waals surface area (Å²) in [6, 6.07) is 5.98. The van der Waals surface area contributed by atoms with E-state index in [0.717, 1.165) is 81.7 Å². The van der Waals surface area contributed by atoms with Gasteiger partial charge in [-0.1, -0.05) is 6.07 Å². The summed E-state index contributed by atoms with van der Waals surface area (Å²) in [5.74, 6) is -0.655. The Hall–Kier alpha value is -4.00. The number of piperidine rings is 1. The molecule has 1 amide bonds. The van der Waals surface area contributed by atoms with Gasteiger partial charge in [-0.05, 0) is 81.4 Å². The van der Waals surface area contributed by atoms with Crippen molar-refractivity contribution < 1.29 is 27.9 Å². The molecule has 42 heavy (non-hydrogen) atoms. The maximum absolute atomic E-state index is 13.1. The number of amides is 1. The van der Waals surface area contributed by atoms with E-state index in [0.29, 0.717) is 13.0 Å². The number of aliphatic carboxylic acids is 1. The van der Waals surface area contributed by atoms with Gasteiger partial charge in [-0.25, -0.2) is 19.7 Å². The highest BCUT2D eigenvalue weighted by molar-refractivity contribution is 5.91. The number of nitrogens with zero attached hydrogens (tertiary/aromatic N) is 4. The summed E-state index contributed by atoms with van der Waals surface area (Å²) in [4.78, 5) is 39.9. The van der Waals surface area contributed by atoms with Gasteiger partial charge in [-0.3, -0.25) is 4.79 Å². The molecule has 2 unspecified atom stereocenters. The maximum Gasteiger partial charge on any atom is 0.416 e. The summed E-state index contributed by atoms with van der Waals surface area (Å²) in [7, 11) is 0. The van der Waals surface area contributed by atoms with E-state index >= 15 is 0 Å².